The van der Waals surface area contributed by atoms with Gasteiger partial charge in [0.05, 0.1) is 0 Å². The highest BCUT2D eigenvalue weighted by Crippen LogP contribution is 2.29. The van der Waals surface area contributed by atoms with Crippen LogP contribution in [0, 0.1) is 5.92 Å². The summed E-state index contributed by atoms with van der Waals surface area (Å²) in [5.74, 6) is 0.913. The molecule has 3 aliphatic rings. The molecule has 0 saturated carbocycles. The highest BCUT2D eigenvalue weighted by Gasteiger charge is 2.34. The minimum Gasteiger partial charge on any atom is -0.312 e. The fourth-order valence-corrected chi connectivity index (χ4v) is 3.57. The molecule has 0 radical (unpaired) electrons. The third kappa shape index (κ3) is 2.85. The Hall–Kier alpha value is -0.860. The van der Waals surface area contributed by atoms with Crippen LogP contribution in [0.4, 0.5) is 0 Å². The van der Waals surface area contributed by atoms with Crippen molar-refractivity contribution in [2.75, 3.05) is 26.2 Å². The van der Waals surface area contributed by atoms with Gasteiger partial charge in [-0.25, -0.2) is 0 Å². The van der Waals surface area contributed by atoms with Gasteiger partial charge in [-0.1, -0.05) is 44.2 Å². The van der Waals surface area contributed by atoms with Crippen molar-refractivity contribution in [1.82, 2.24) is 10.2 Å². The Kier molecular flexibility index (Phi) is 3.64. The van der Waals surface area contributed by atoms with Gasteiger partial charge < -0.3 is 10.2 Å². The molecule has 2 heteroatoms. The van der Waals surface area contributed by atoms with Crippen LogP contribution in [0.1, 0.15) is 32.3 Å². The highest BCUT2D eigenvalue weighted by atomic mass is 15.2. The van der Waals surface area contributed by atoms with Crippen molar-refractivity contribution in [2.24, 2.45) is 5.92 Å². The molecule has 1 unspecified atom stereocenters. The van der Waals surface area contributed by atoms with Gasteiger partial charge in [-0.15, -0.1) is 0 Å². The zero-order chi connectivity index (χ0) is 13.3. The van der Waals surface area contributed by atoms with Crippen molar-refractivity contribution in [3.8, 4) is 0 Å². The van der Waals surface area contributed by atoms with Crippen LogP contribution in [-0.2, 0) is 5.41 Å². The smallest absolute Gasteiger partial charge is 0.0224 e. The molecule has 1 aromatic carbocycles. The molecule has 0 spiro atoms. The first-order valence-corrected chi connectivity index (χ1v) is 7.66. The number of piperidine rings is 3. The van der Waals surface area contributed by atoms with E-state index < -0.39 is 0 Å². The Bertz CT molecular complexity index is 405. The Morgan fingerprint density at radius 1 is 1.16 bits per heavy atom. The van der Waals surface area contributed by atoms with Gasteiger partial charge in [0.15, 0.2) is 0 Å². The van der Waals surface area contributed by atoms with E-state index >= 15 is 0 Å². The van der Waals surface area contributed by atoms with E-state index in [1.807, 2.05) is 0 Å². The molecule has 1 aromatic rings. The van der Waals surface area contributed by atoms with Gasteiger partial charge in [0.25, 0.3) is 0 Å². The molecule has 0 aliphatic carbocycles. The maximum atomic E-state index is 3.85. The van der Waals surface area contributed by atoms with Crippen molar-refractivity contribution in [1.29, 1.82) is 0 Å². The molecule has 3 saturated heterocycles. The lowest BCUT2D eigenvalue weighted by molar-refractivity contribution is 0.0704. The molecule has 0 amide bonds. The summed E-state index contributed by atoms with van der Waals surface area (Å²) >= 11 is 0. The van der Waals surface area contributed by atoms with Crippen LogP contribution >= 0.6 is 0 Å². The number of fused-ring (bicyclic) bond motifs is 3. The SMILES string of the molecule is CC(C)(CNC1CN2CCC1CC2)c1ccccc1. The Morgan fingerprint density at radius 3 is 2.42 bits per heavy atom. The van der Waals surface area contributed by atoms with Crippen LogP contribution in [0.25, 0.3) is 0 Å². The molecule has 0 aromatic heterocycles. The monoisotopic (exact) mass is 258 g/mol. The highest BCUT2D eigenvalue weighted by molar-refractivity contribution is 5.24. The van der Waals surface area contributed by atoms with Crippen LogP contribution in [0.15, 0.2) is 30.3 Å². The third-order valence-corrected chi connectivity index (χ3v) is 5.02. The summed E-state index contributed by atoms with van der Waals surface area (Å²) < 4.78 is 0. The first-order chi connectivity index (χ1) is 9.15. The second-order valence-electron chi connectivity index (χ2n) is 6.88. The van der Waals surface area contributed by atoms with Gasteiger partial charge in [-0.2, -0.15) is 0 Å². The summed E-state index contributed by atoms with van der Waals surface area (Å²) in [5, 5.41) is 3.85. The molecule has 2 nitrogen and oxygen atoms in total. The van der Waals surface area contributed by atoms with Crippen molar-refractivity contribution in [3.63, 3.8) is 0 Å². The van der Waals surface area contributed by atoms with E-state index in [0.29, 0.717) is 6.04 Å². The molecule has 3 aliphatic heterocycles. The van der Waals surface area contributed by atoms with Crippen molar-refractivity contribution < 1.29 is 0 Å². The van der Waals surface area contributed by atoms with E-state index in [9.17, 15) is 0 Å². The lowest BCUT2D eigenvalue weighted by Gasteiger charge is -2.46. The maximum absolute atomic E-state index is 3.85. The summed E-state index contributed by atoms with van der Waals surface area (Å²) in [4.78, 5) is 2.62. The molecule has 2 bridgehead atoms. The average Bonchev–Trinajstić information content (AvgIpc) is 2.47. The second kappa shape index (κ2) is 5.26. The van der Waals surface area contributed by atoms with E-state index in [-0.39, 0.29) is 5.41 Å². The zero-order valence-corrected chi connectivity index (χ0v) is 12.2. The Morgan fingerprint density at radius 2 is 1.84 bits per heavy atom. The van der Waals surface area contributed by atoms with E-state index in [2.05, 4.69) is 54.4 Å². The lowest BCUT2D eigenvalue weighted by atomic mass is 9.81. The van der Waals surface area contributed by atoms with E-state index in [1.54, 1.807) is 0 Å². The van der Waals surface area contributed by atoms with Gasteiger partial charge >= 0.3 is 0 Å². The standard InChI is InChI=1S/C17H26N2/c1-17(2,15-6-4-3-5-7-15)13-18-16-12-19-10-8-14(16)9-11-19/h3-7,14,16,18H,8-13H2,1-2H3. The third-order valence-electron chi connectivity index (χ3n) is 5.02. The van der Waals surface area contributed by atoms with E-state index in [0.717, 1.165) is 12.5 Å². The van der Waals surface area contributed by atoms with Crippen LogP contribution in [-0.4, -0.2) is 37.1 Å². The Labute approximate surface area is 117 Å². The number of benzene rings is 1. The van der Waals surface area contributed by atoms with Gasteiger partial charge in [0.2, 0.25) is 0 Å². The predicted molar refractivity (Wildman–Crippen MR) is 80.4 cm³/mol. The predicted octanol–water partition coefficient (Wildman–Crippen LogP) is 2.65. The van der Waals surface area contributed by atoms with Gasteiger partial charge in [0.1, 0.15) is 0 Å². The zero-order valence-electron chi connectivity index (χ0n) is 12.2. The fraction of sp³-hybridized carbons (Fsp3) is 0.647. The average molecular weight is 258 g/mol. The van der Waals surface area contributed by atoms with Crippen molar-refractivity contribution in [2.45, 2.75) is 38.1 Å². The second-order valence-corrected chi connectivity index (χ2v) is 6.88. The molecule has 19 heavy (non-hydrogen) atoms. The quantitative estimate of drug-likeness (QED) is 0.893. The number of rotatable bonds is 4. The van der Waals surface area contributed by atoms with Gasteiger partial charge in [-0.05, 0) is 37.4 Å². The molecule has 3 heterocycles. The fourth-order valence-electron chi connectivity index (χ4n) is 3.57. The van der Waals surface area contributed by atoms with E-state index in [4.69, 9.17) is 0 Å². The Balaban J connectivity index is 1.60. The summed E-state index contributed by atoms with van der Waals surface area (Å²) in [6.07, 6.45) is 2.78. The topological polar surface area (TPSA) is 15.3 Å². The van der Waals surface area contributed by atoms with Crippen LogP contribution in [0.5, 0.6) is 0 Å². The van der Waals surface area contributed by atoms with Crippen molar-refractivity contribution in [3.05, 3.63) is 35.9 Å². The van der Waals surface area contributed by atoms with Crippen LogP contribution < -0.4 is 5.32 Å². The van der Waals surface area contributed by atoms with Crippen LogP contribution in [0.3, 0.4) is 0 Å². The van der Waals surface area contributed by atoms with Crippen molar-refractivity contribution >= 4 is 0 Å². The summed E-state index contributed by atoms with van der Waals surface area (Å²) in [5.41, 5.74) is 1.65. The minimum atomic E-state index is 0.216. The molecular weight excluding hydrogens is 232 g/mol. The first-order valence-electron chi connectivity index (χ1n) is 7.66. The number of nitrogens with one attached hydrogen (secondary N) is 1. The molecule has 104 valence electrons. The minimum absolute atomic E-state index is 0.216. The summed E-state index contributed by atoms with van der Waals surface area (Å²) in [7, 11) is 0. The lowest BCUT2D eigenvalue weighted by Crippen LogP contribution is -2.57. The number of nitrogens with zero attached hydrogens (tertiary/aromatic N) is 1. The largest absolute Gasteiger partial charge is 0.312 e. The van der Waals surface area contributed by atoms with Gasteiger partial charge in [-0.3, -0.25) is 0 Å². The van der Waals surface area contributed by atoms with E-state index in [1.165, 1.54) is 38.0 Å². The summed E-state index contributed by atoms with van der Waals surface area (Å²) in [6.45, 7) is 9.67. The normalized spacial score (nSPS) is 30.5. The maximum Gasteiger partial charge on any atom is 0.0224 e. The van der Waals surface area contributed by atoms with Crippen LogP contribution in [0.2, 0.25) is 0 Å². The van der Waals surface area contributed by atoms with Gasteiger partial charge in [0, 0.05) is 24.5 Å². The summed E-state index contributed by atoms with van der Waals surface area (Å²) in [6, 6.07) is 11.6. The molecular formula is C17H26N2. The molecule has 4 rings (SSSR count). The first kappa shape index (κ1) is 13.1. The number of hydrogen-bond acceptors (Lipinski definition) is 2. The molecule has 1 N–H and O–H groups in total. The molecule has 3 fully saturated rings. The number of hydrogen-bond donors (Lipinski definition) is 1. The molecule has 1 atom stereocenters.